The molecule has 0 aliphatic rings. The smallest absolute Gasteiger partial charge is 0.244 e. The summed E-state index contributed by atoms with van der Waals surface area (Å²) in [6, 6.07) is 1.53. The van der Waals surface area contributed by atoms with Crippen molar-refractivity contribution in [3.63, 3.8) is 0 Å². The van der Waals surface area contributed by atoms with E-state index in [0.717, 1.165) is 9.35 Å². The first kappa shape index (κ1) is 16.1. The van der Waals surface area contributed by atoms with E-state index >= 15 is 0 Å². The Morgan fingerprint density at radius 2 is 2.24 bits per heavy atom. The first-order valence-corrected chi connectivity index (χ1v) is 8.26. The Morgan fingerprint density at radius 1 is 1.52 bits per heavy atom. The first-order chi connectivity index (χ1) is 9.80. The molecule has 0 spiro atoms. The van der Waals surface area contributed by atoms with Gasteiger partial charge in [-0.25, -0.2) is 4.68 Å². The van der Waals surface area contributed by atoms with Gasteiger partial charge in [-0.05, 0) is 50.3 Å². The van der Waals surface area contributed by atoms with Crippen LogP contribution in [0.1, 0.15) is 45.1 Å². The van der Waals surface area contributed by atoms with Crippen molar-refractivity contribution in [1.29, 1.82) is 0 Å². The van der Waals surface area contributed by atoms with Gasteiger partial charge in [-0.15, -0.1) is 16.4 Å². The van der Waals surface area contributed by atoms with Crippen molar-refractivity contribution >= 4 is 33.2 Å². The maximum atomic E-state index is 12.3. The lowest BCUT2D eigenvalue weighted by atomic mass is 9.95. The fourth-order valence-electron chi connectivity index (χ4n) is 1.83. The van der Waals surface area contributed by atoms with Gasteiger partial charge in [-0.2, -0.15) is 0 Å². The van der Waals surface area contributed by atoms with Crippen LogP contribution in [0.4, 0.5) is 0 Å². The number of amides is 1. The molecule has 1 amide bonds. The molecule has 0 saturated heterocycles. The van der Waals surface area contributed by atoms with Gasteiger partial charge in [-0.1, -0.05) is 20.8 Å². The molecular formula is C13H18BrN5OS. The Balaban J connectivity index is 2.06. The standard InChI is InChI=1S/C13H18BrN5OS/c1-8(19-12(13(2,3)4)16-17-18-19)11(20)15-7-9-5-6-21-10(9)14/h5-6,8H,7H2,1-4H3,(H,15,20). The molecule has 2 aromatic heterocycles. The minimum absolute atomic E-state index is 0.106. The Morgan fingerprint density at radius 3 is 2.81 bits per heavy atom. The van der Waals surface area contributed by atoms with E-state index < -0.39 is 6.04 Å². The summed E-state index contributed by atoms with van der Waals surface area (Å²) in [6.07, 6.45) is 0. The van der Waals surface area contributed by atoms with Crippen molar-refractivity contribution in [2.24, 2.45) is 0 Å². The van der Waals surface area contributed by atoms with Crippen LogP contribution >= 0.6 is 27.3 Å². The van der Waals surface area contributed by atoms with Crippen LogP contribution in [0, 0.1) is 0 Å². The van der Waals surface area contributed by atoms with E-state index in [2.05, 4.69) is 36.8 Å². The summed E-state index contributed by atoms with van der Waals surface area (Å²) < 4.78 is 2.62. The first-order valence-electron chi connectivity index (χ1n) is 6.58. The molecule has 8 heteroatoms. The lowest BCUT2D eigenvalue weighted by Crippen LogP contribution is -2.33. The van der Waals surface area contributed by atoms with Crippen molar-refractivity contribution in [1.82, 2.24) is 25.5 Å². The van der Waals surface area contributed by atoms with Gasteiger partial charge < -0.3 is 5.32 Å². The lowest BCUT2D eigenvalue weighted by Gasteiger charge is -2.20. The Labute approximate surface area is 136 Å². The van der Waals surface area contributed by atoms with Crippen molar-refractivity contribution < 1.29 is 4.79 Å². The highest BCUT2D eigenvalue weighted by Gasteiger charge is 2.27. The van der Waals surface area contributed by atoms with E-state index in [1.165, 1.54) is 0 Å². The summed E-state index contributed by atoms with van der Waals surface area (Å²) >= 11 is 5.06. The second kappa shape index (κ2) is 6.23. The predicted molar refractivity (Wildman–Crippen MR) is 85.1 cm³/mol. The average molecular weight is 372 g/mol. The normalized spacial score (nSPS) is 13.2. The molecular weight excluding hydrogens is 354 g/mol. The number of carbonyl (C=O) groups is 1. The van der Waals surface area contributed by atoms with Crippen molar-refractivity contribution in [3.8, 4) is 0 Å². The number of thiophene rings is 1. The monoisotopic (exact) mass is 371 g/mol. The molecule has 2 heterocycles. The van der Waals surface area contributed by atoms with Crippen LogP contribution in [0.3, 0.4) is 0 Å². The topological polar surface area (TPSA) is 72.7 Å². The van der Waals surface area contributed by atoms with Crippen LogP contribution in [0.5, 0.6) is 0 Å². The van der Waals surface area contributed by atoms with Gasteiger partial charge in [0.05, 0.1) is 3.79 Å². The molecule has 6 nitrogen and oxygen atoms in total. The Kier molecular flexibility index (Phi) is 4.77. The molecule has 114 valence electrons. The van der Waals surface area contributed by atoms with Gasteiger partial charge in [0.2, 0.25) is 5.91 Å². The molecule has 0 aromatic carbocycles. The van der Waals surface area contributed by atoms with Gasteiger partial charge in [0, 0.05) is 12.0 Å². The van der Waals surface area contributed by atoms with Crippen LogP contribution in [-0.2, 0) is 16.8 Å². The molecule has 1 atom stereocenters. The highest BCUT2D eigenvalue weighted by molar-refractivity contribution is 9.11. The van der Waals surface area contributed by atoms with Crippen molar-refractivity contribution in [3.05, 3.63) is 26.6 Å². The second-order valence-corrected chi connectivity index (χ2v) is 8.04. The third kappa shape index (κ3) is 3.68. The number of hydrogen-bond acceptors (Lipinski definition) is 5. The number of carbonyl (C=O) groups excluding carboxylic acids is 1. The largest absolute Gasteiger partial charge is 0.350 e. The van der Waals surface area contributed by atoms with Crippen LogP contribution in [0.25, 0.3) is 0 Å². The highest BCUT2D eigenvalue weighted by Crippen LogP contribution is 2.24. The summed E-state index contributed by atoms with van der Waals surface area (Å²) in [5.41, 5.74) is 0.849. The Bertz CT molecular complexity index is 631. The minimum Gasteiger partial charge on any atom is -0.350 e. The molecule has 0 aliphatic heterocycles. The van der Waals surface area contributed by atoms with Crippen LogP contribution in [0.2, 0.25) is 0 Å². The zero-order chi connectivity index (χ0) is 15.6. The third-order valence-corrected chi connectivity index (χ3v) is 4.87. The zero-order valence-electron chi connectivity index (χ0n) is 12.4. The van der Waals surface area contributed by atoms with E-state index in [-0.39, 0.29) is 11.3 Å². The van der Waals surface area contributed by atoms with E-state index in [1.54, 1.807) is 22.9 Å². The van der Waals surface area contributed by atoms with Crippen molar-refractivity contribution in [2.75, 3.05) is 0 Å². The van der Waals surface area contributed by atoms with E-state index in [1.807, 2.05) is 32.2 Å². The van der Waals surface area contributed by atoms with Gasteiger partial charge in [0.1, 0.15) is 6.04 Å². The third-order valence-electron chi connectivity index (χ3n) is 3.06. The van der Waals surface area contributed by atoms with Crippen LogP contribution in [-0.4, -0.2) is 26.1 Å². The molecule has 2 rings (SSSR count). The van der Waals surface area contributed by atoms with Gasteiger partial charge in [0.25, 0.3) is 0 Å². The molecule has 0 saturated carbocycles. The molecule has 2 aromatic rings. The molecule has 0 aliphatic carbocycles. The fraction of sp³-hybridized carbons (Fsp3) is 0.538. The second-order valence-electron chi connectivity index (χ2n) is 5.81. The SMILES string of the molecule is CC(C(=O)NCc1ccsc1Br)n1nnnc1C(C)(C)C. The summed E-state index contributed by atoms with van der Waals surface area (Å²) in [7, 11) is 0. The average Bonchev–Trinajstić information content (AvgIpc) is 3.03. The number of rotatable bonds is 4. The van der Waals surface area contributed by atoms with Crippen LogP contribution < -0.4 is 5.32 Å². The molecule has 0 radical (unpaired) electrons. The zero-order valence-corrected chi connectivity index (χ0v) is 14.8. The summed E-state index contributed by atoms with van der Waals surface area (Å²) in [5, 5.41) is 16.6. The molecule has 0 fully saturated rings. The summed E-state index contributed by atoms with van der Waals surface area (Å²) in [6.45, 7) is 8.33. The summed E-state index contributed by atoms with van der Waals surface area (Å²) in [4.78, 5) is 12.3. The number of nitrogens with zero attached hydrogens (tertiary/aromatic N) is 4. The quantitative estimate of drug-likeness (QED) is 0.896. The number of nitrogens with one attached hydrogen (secondary N) is 1. The Hall–Kier alpha value is -1.28. The number of halogens is 1. The fourth-order valence-corrected chi connectivity index (χ4v) is 3.07. The molecule has 0 bridgehead atoms. The lowest BCUT2D eigenvalue weighted by molar-refractivity contribution is -0.124. The molecule has 1 unspecified atom stereocenters. The number of hydrogen-bond donors (Lipinski definition) is 1. The minimum atomic E-state index is -0.452. The maximum Gasteiger partial charge on any atom is 0.244 e. The molecule has 1 N–H and O–H groups in total. The van der Waals surface area contributed by atoms with Crippen LogP contribution in [0.15, 0.2) is 15.2 Å². The maximum absolute atomic E-state index is 12.3. The highest BCUT2D eigenvalue weighted by atomic mass is 79.9. The van der Waals surface area contributed by atoms with E-state index in [9.17, 15) is 4.79 Å². The van der Waals surface area contributed by atoms with Gasteiger partial charge in [0.15, 0.2) is 5.82 Å². The van der Waals surface area contributed by atoms with E-state index in [4.69, 9.17) is 0 Å². The van der Waals surface area contributed by atoms with Crippen molar-refractivity contribution in [2.45, 2.75) is 45.7 Å². The van der Waals surface area contributed by atoms with E-state index in [0.29, 0.717) is 12.4 Å². The van der Waals surface area contributed by atoms with Gasteiger partial charge >= 0.3 is 0 Å². The molecule has 21 heavy (non-hydrogen) atoms. The predicted octanol–water partition coefficient (Wildman–Crippen LogP) is 2.67. The number of aromatic nitrogens is 4. The van der Waals surface area contributed by atoms with Gasteiger partial charge in [-0.3, -0.25) is 4.79 Å². The number of tetrazole rings is 1. The summed E-state index contributed by atoms with van der Waals surface area (Å²) in [5.74, 6) is 0.591.